The lowest BCUT2D eigenvalue weighted by Gasteiger charge is -2.41. The van der Waals surface area contributed by atoms with Crippen LogP contribution in [0.4, 0.5) is 0 Å². The Hall–Kier alpha value is -2.37. The summed E-state index contributed by atoms with van der Waals surface area (Å²) in [6.07, 6.45) is 0.880. The van der Waals surface area contributed by atoms with Crippen molar-refractivity contribution in [2.75, 3.05) is 20.3 Å². The van der Waals surface area contributed by atoms with Crippen LogP contribution in [0, 0.1) is 12.8 Å². The number of ether oxygens (including phenoxy) is 1. The molecule has 1 aliphatic heterocycles. The average molecular weight is 415 g/mol. The second-order valence-electron chi connectivity index (χ2n) is 7.39. The highest BCUT2D eigenvalue weighted by molar-refractivity contribution is 6.31. The van der Waals surface area contributed by atoms with Gasteiger partial charge in [0, 0.05) is 31.6 Å². The van der Waals surface area contributed by atoms with Gasteiger partial charge in [-0.1, -0.05) is 59.6 Å². The van der Waals surface area contributed by atoms with Gasteiger partial charge in [0.2, 0.25) is 11.8 Å². The monoisotopic (exact) mass is 414 g/mol. The van der Waals surface area contributed by atoms with Crippen molar-refractivity contribution in [3.05, 3.63) is 70.2 Å². The summed E-state index contributed by atoms with van der Waals surface area (Å²) in [6.45, 7) is 3.28. The first-order valence-electron chi connectivity index (χ1n) is 9.87. The normalized spacial score (nSPS) is 19.3. The summed E-state index contributed by atoms with van der Waals surface area (Å²) >= 11 is 6.21. The molecule has 0 aromatic heterocycles. The van der Waals surface area contributed by atoms with Gasteiger partial charge in [-0.15, -0.1) is 0 Å². The number of methoxy groups -OCH3 is 1. The Labute approximate surface area is 177 Å². The molecule has 2 unspecified atom stereocenters. The van der Waals surface area contributed by atoms with Gasteiger partial charge < -0.3 is 15.0 Å². The highest BCUT2D eigenvalue weighted by Gasteiger charge is 2.40. The Morgan fingerprint density at radius 3 is 2.62 bits per heavy atom. The Bertz CT molecular complexity index is 853. The third-order valence-corrected chi connectivity index (χ3v) is 5.78. The van der Waals surface area contributed by atoms with Gasteiger partial charge in [0.1, 0.15) is 0 Å². The number of aryl methyl sites for hydroxylation is 1. The van der Waals surface area contributed by atoms with Crippen LogP contribution in [0.15, 0.2) is 48.5 Å². The van der Waals surface area contributed by atoms with Crippen LogP contribution < -0.4 is 5.32 Å². The highest BCUT2D eigenvalue weighted by atomic mass is 35.5. The van der Waals surface area contributed by atoms with E-state index in [4.69, 9.17) is 16.3 Å². The Balaban J connectivity index is 1.83. The second-order valence-corrected chi connectivity index (χ2v) is 7.80. The van der Waals surface area contributed by atoms with Crippen LogP contribution in [0.5, 0.6) is 0 Å². The number of benzene rings is 2. The molecule has 0 bridgehead atoms. The Morgan fingerprint density at radius 1 is 1.21 bits per heavy atom. The first-order valence-corrected chi connectivity index (χ1v) is 10.2. The molecule has 2 aromatic carbocycles. The SMILES string of the molecule is COCCN1C(=O)CCC(C(=O)NCc2ccccc2Cl)C1c1ccc(C)cc1. The van der Waals surface area contributed by atoms with Gasteiger partial charge in [-0.25, -0.2) is 0 Å². The van der Waals surface area contributed by atoms with E-state index in [0.29, 0.717) is 37.6 Å². The predicted molar refractivity (Wildman–Crippen MR) is 114 cm³/mol. The zero-order valence-corrected chi connectivity index (χ0v) is 17.6. The number of amides is 2. The molecule has 2 aromatic rings. The summed E-state index contributed by atoms with van der Waals surface area (Å²) < 4.78 is 5.20. The smallest absolute Gasteiger partial charge is 0.225 e. The molecule has 0 saturated carbocycles. The van der Waals surface area contributed by atoms with Crippen LogP contribution >= 0.6 is 11.6 Å². The number of halogens is 1. The topological polar surface area (TPSA) is 58.6 Å². The molecule has 1 heterocycles. The molecule has 2 atom stereocenters. The number of rotatable bonds is 7. The molecule has 3 rings (SSSR count). The van der Waals surface area contributed by atoms with Gasteiger partial charge in [-0.3, -0.25) is 9.59 Å². The van der Waals surface area contributed by atoms with Crippen LogP contribution in [0.2, 0.25) is 5.02 Å². The zero-order chi connectivity index (χ0) is 20.8. The predicted octanol–water partition coefficient (Wildman–Crippen LogP) is 3.89. The summed E-state index contributed by atoms with van der Waals surface area (Å²) in [7, 11) is 1.61. The fourth-order valence-corrected chi connectivity index (χ4v) is 4.01. The zero-order valence-electron chi connectivity index (χ0n) is 16.9. The number of nitrogens with one attached hydrogen (secondary N) is 1. The molecule has 1 fully saturated rings. The third-order valence-electron chi connectivity index (χ3n) is 5.41. The van der Waals surface area contributed by atoms with E-state index in [9.17, 15) is 9.59 Å². The molecule has 1 aliphatic rings. The number of hydrogen-bond acceptors (Lipinski definition) is 3. The Morgan fingerprint density at radius 2 is 1.93 bits per heavy atom. The van der Waals surface area contributed by atoms with Crippen molar-refractivity contribution in [1.29, 1.82) is 0 Å². The summed E-state index contributed by atoms with van der Waals surface area (Å²) in [4.78, 5) is 27.6. The largest absolute Gasteiger partial charge is 0.383 e. The van der Waals surface area contributed by atoms with Crippen LogP contribution in [0.1, 0.15) is 35.6 Å². The standard InChI is InChI=1S/C23H27ClN2O3/c1-16-7-9-17(10-8-16)22-19(11-12-21(27)26(22)13-14-29-2)23(28)25-15-18-5-3-4-6-20(18)24/h3-10,19,22H,11-15H2,1-2H3,(H,25,28). The number of piperidine rings is 1. The highest BCUT2D eigenvalue weighted by Crippen LogP contribution is 2.37. The van der Waals surface area contributed by atoms with Crippen LogP contribution in [-0.2, 0) is 20.9 Å². The second kappa shape index (κ2) is 9.90. The van der Waals surface area contributed by atoms with E-state index in [1.807, 2.05) is 55.5 Å². The molecule has 0 spiro atoms. The number of nitrogens with zero attached hydrogens (tertiary/aromatic N) is 1. The minimum atomic E-state index is -0.324. The molecular formula is C23H27ClN2O3. The Kier molecular flexibility index (Phi) is 7.29. The number of hydrogen-bond donors (Lipinski definition) is 1. The van der Waals surface area contributed by atoms with Gasteiger partial charge in [0.25, 0.3) is 0 Å². The molecule has 1 saturated heterocycles. The van der Waals surface area contributed by atoms with Crippen molar-refractivity contribution in [1.82, 2.24) is 10.2 Å². The minimum Gasteiger partial charge on any atom is -0.383 e. The van der Waals surface area contributed by atoms with E-state index in [1.54, 1.807) is 12.0 Å². The quantitative estimate of drug-likeness (QED) is 0.747. The maximum absolute atomic E-state index is 13.1. The van der Waals surface area contributed by atoms with E-state index in [1.165, 1.54) is 0 Å². The maximum Gasteiger partial charge on any atom is 0.225 e. The molecule has 6 heteroatoms. The lowest BCUT2D eigenvalue weighted by Crippen LogP contribution is -2.49. The number of carbonyl (C=O) groups excluding carboxylic acids is 2. The van der Waals surface area contributed by atoms with Crippen molar-refractivity contribution in [2.24, 2.45) is 5.92 Å². The summed E-state index contributed by atoms with van der Waals surface area (Å²) in [5.74, 6) is -0.331. The summed E-state index contributed by atoms with van der Waals surface area (Å²) in [6, 6.07) is 15.2. The van der Waals surface area contributed by atoms with Crippen molar-refractivity contribution in [3.8, 4) is 0 Å². The average Bonchev–Trinajstić information content (AvgIpc) is 2.72. The maximum atomic E-state index is 13.1. The van der Waals surface area contributed by atoms with Crippen molar-refractivity contribution in [3.63, 3.8) is 0 Å². The van der Waals surface area contributed by atoms with Crippen molar-refractivity contribution < 1.29 is 14.3 Å². The van der Waals surface area contributed by atoms with Crippen LogP contribution in [-0.4, -0.2) is 37.0 Å². The van der Waals surface area contributed by atoms with E-state index in [-0.39, 0.29) is 23.8 Å². The van der Waals surface area contributed by atoms with Gasteiger partial charge in [-0.05, 0) is 30.5 Å². The molecule has 0 aliphatic carbocycles. The number of carbonyl (C=O) groups is 2. The fraction of sp³-hybridized carbons (Fsp3) is 0.391. The fourth-order valence-electron chi connectivity index (χ4n) is 3.81. The molecule has 5 nitrogen and oxygen atoms in total. The van der Waals surface area contributed by atoms with Crippen LogP contribution in [0.25, 0.3) is 0 Å². The molecule has 0 radical (unpaired) electrons. The van der Waals surface area contributed by atoms with Gasteiger partial charge >= 0.3 is 0 Å². The number of likely N-dealkylation sites (tertiary alicyclic amines) is 1. The first kappa shape index (κ1) is 21.3. The van der Waals surface area contributed by atoms with Crippen molar-refractivity contribution >= 4 is 23.4 Å². The van der Waals surface area contributed by atoms with Gasteiger partial charge in [0.15, 0.2) is 0 Å². The minimum absolute atomic E-state index is 0.0581. The lowest BCUT2D eigenvalue weighted by atomic mass is 9.83. The van der Waals surface area contributed by atoms with E-state index in [2.05, 4.69) is 5.32 Å². The first-order chi connectivity index (χ1) is 14.0. The van der Waals surface area contributed by atoms with Crippen molar-refractivity contribution in [2.45, 2.75) is 32.4 Å². The van der Waals surface area contributed by atoms with Gasteiger partial charge in [0.05, 0.1) is 18.6 Å². The molecule has 29 heavy (non-hydrogen) atoms. The molecule has 1 N–H and O–H groups in total. The van der Waals surface area contributed by atoms with Crippen LogP contribution in [0.3, 0.4) is 0 Å². The molecular weight excluding hydrogens is 388 g/mol. The van der Waals surface area contributed by atoms with E-state index < -0.39 is 0 Å². The van der Waals surface area contributed by atoms with Gasteiger partial charge in [-0.2, -0.15) is 0 Å². The summed E-state index contributed by atoms with van der Waals surface area (Å²) in [5.41, 5.74) is 2.98. The lowest BCUT2D eigenvalue weighted by molar-refractivity contribution is -0.144. The molecule has 154 valence electrons. The van der Waals surface area contributed by atoms with E-state index in [0.717, 1.165) is 16.7 Å². The third kappa shape index (κ3) is 5.17. The van der Waals surface area contributed by atoms with E-state index >= 15 is 0 Å². The summed E-state index contributed by atoms with van der Waals surface area (Å²) in [5, 5.41) is 3.65. The molecule has 2 amide bonds.